The lowest BCUT2D eigenvalue weighted by molar-refractivity contribution is -0.122. The molecule has 1 aliphatic rings. The van der Waals surface area contributed by atoms with Gasteiger partial charge in [0.2, 0.25) is 5.91 Å². The van der Waals surface area contributed by atoms with Crippen molar-refractivity contribution in [1.29, 1.82) is 0 Å². The Bertz CT molecular complexity index is 1050. The molecule has 1 aromatic heterocycles. The fourth-order valence-corrected chi connectivity index (χ4v) is 5.12. The van der Waals surface area contributed by atoms with Crippen molar-refractivity contribution in [2.45, 2.75) is 56.1 Å². The van der Waals surface area contributed by atoms with Crippen molar-refractivity contribution in [3.63, 3.8) is 0 Å². The van der Waals surface area contributed by atoms with E-state index >= 15 is 0 Å². The van der Waals surface area contributed by atoms with Crippen LogP contribution in [0.3, 0.4) is 0 Å². The van der Waals surface area contributed by atoms with Crippen LogP contribution in [0.4, 0.5) is 0 Å². The van der Waals surface area contributed by atoms with E-state index in [0.717, 1.165) is 47.2 Å². The van der Waals surface area contributed by atoms with Gasteiger partial charge in [0.05, 0.1) is 15.7 Å². The van der Waals surface area contributed by atoms with E-state index < -0.39 is 0 Å². The third kappa shape index (κ3) is 5.85. The second kappa shape index (κ2) is 11.2. The lowest BCUT2D eigenvalue weighted by atomic mass is 9.95. The van der Waals surface area contributed by atoms with Crippen molar-refractivity contribution in [3.05, 3.63) is 58.6 Å². The Kier molecular flexibility index (Phi) is 8.11. The predicted molar refractivity (Wildman–Crippen MR) is 132 cm³/mol. The Hall–Kier alpha value is -2.02. The number of halogens is 2. The van der Waals surface area contributed by atoms with E-state index in [-0.39, 0.29) is 5.91 Å². The van der Waals surface area contributed by atoms with E-state index in [1.807, 2.05) is 47.0 Å². The van der Waals surface area contributed by atoms with E-state index in [0.29, 0.717) is 22.5 Å². The number of hydrogen-bond acceptors (Lipinski definition) is 4. The first-order valence-electron chi connectivity index (χ1n) is 11.0. The minimum Gasteiger partial charge on any atom is -0.353 e. The second-order valence-corrected chi connectivity index (χ2v) is 9.84. The van der Waals surface area contributed by atoms with Crippen LogP contribution in [0.25, 0.3) is 17.1 Å². The van der Waals surface area contributed by atoms with Crippen LogP contribution in [-0.2, 0) is 4.79 Å². The second-order valence-electron chi connectivity index (χ2n) is 7.96. The lowest BCUT2D eigenvalue weighted by Crippen LogP contribution is -2.36. The standard InChI is InChI=1S/C24H26Cl2N4OS/c25-20-14-13-19(16-21(20)26)30-23(17-8-3-1-4-9-17)28-29-24(30)32-15-7-12-22(31)27-18-10-5-2-6-11-18/h1,3-4,8-9,13-14,16,18H,2,5-7,10-12,15H2,(H,27,31). The van der Waals surface area contributed by atoms with Crippen LogP contribution in [0, 0.1) is 0 Å². The van der Waals surface area contributed by atoms with Crippen LogP contribution in [0.15, 0.2) is 53.7 Å². The highest BCUT2D eigenvalue weighted by atomic mass is 35.5. The van der Waals surface area contributed by atoms with Gasteiger partial charge in [-0.25, -0.2) is 0 Å². The summed E-state index contributed by atoms with van der Waals surface area (Å²) in [6, 6.07) is 15.8. The number of nitrogens with one attached hydrogen (secondary N) is 1. The average molecular weight is 489 g/mol. The monoisotopic (exact) mass is 488 g/mol. The molecule has 0 saturated heterocycles. The largest absolute Gasteiger partial charge is 0.353 e. The Morgan fingerprint density at radius 3 is 2.56 bits per heavy atom. The SMILES string of the molecule is O=C(CCCSc1nnc(-c2ccccc2)n1-c1ccc(Cl)c(Cl)c1)NC1CCCCC1. The first-order valence-corrected chi connectivity index (χ1v) is 12.7. The minimum absolute atomic E-state index is 0.147. The number of benzene rings is 2. The van der Waals surface area contributed by atoms with Gasteiger partial charge >= 0.3 is 0 Å². The number of carbonyl (C=O) groups excluding carboxylic acids is 1. The fraction of sp³-hybridized carbons (Fsp3) is 0.375. The summed E-state index contributed by atoms with van der Waals surface area (Å²) < 4.78 is 1.99. The zero-order valence-corrected chi connectivity index (χ0v) is 20.1. The van der Waals surface area contributed by atoms with Crippen molar-refractivity contribution in [2.75, 3.05) is 5.75 Å². The van der Waals surface area contributed by atoms with Gasteiger partial charge in [-0.05, 0) is 37.5 Å². The van der Waals surface area contributed by atoms with E-state index in [1.54, 1.807) is 17.8 Å². The van der Waals surface area contributed by atoms with Gasteiger partial charge in [-0.3, -0.25) is 9.36 Å². The number of hydrogen-bond donors (Lipinski definition) is 1. The maximum absolute atomic E-state index is 12.3. The summed E-state index contributed by atoms with van der Waals surface area (Å²) in [6.07, 6.45) is 7.23. The summed E-state index contributed by atoms with van der Waals surface area (Å²) in [4.78, 5) is 12.3. The number of amides is 1. The zero-order chi connectivity index (χ0) is 22.3. The van der Waals surface area contributed by atoms with Gasteiger partial charge in [-0.15, -0.1) is 10.2 Å². The van der Waals surface area contributed by atoms with Crippen molar-refractivity contribution < 1.29 is 4.79 Å². The molecule has 3 aromatic rings. The highest BCUT2D eigenvalue weighted by molar-refractivity contribution is 7.99. The first kappa shape index (κ1) is 23.1. The molecule has 1 saturated carbocycles. The fourth-order valence-electron chi connectivity index (χ4n) is 3.94. The lowest BCUT2D eigenvalue weighted by Gasteiger charge is -2.22. The molecular formula is C24H26Cl2N4OS. The molecule has 0 radical (unpaired) electrons. The summed E-state index contributed by atoms with van der Waals surface area (Å²) in [7, 11) is 0. The van der Waals surface area contributed by atoms with Gasteiger partial charge in [-0.1, -0.05) is 84.6 Å². The molecule has 0 aliphatic heterocycles. The summed E-state index contributed by atoms with van der Waals surface area (Å²) in [5, 5.41) is 13.8. The van der Waals surface area contributed by atoms with Gasteiger partial charge in [0.25, 0.3) is 0 Å². The van der Waals surface area contributed by atoms with E-state index in [1.165, 1.54) is 19.3 Å². The normalized spacial score (nSPS) is 14.4. The molecule has 1 heterocycles. The van der Waals surface area contributed by atoms with Crippen molar-refractivity contribution in [3.8, 4) is 17.1 Å². The molecule has 1 fully saturated rings. The smallest absolute Gasteiger partial charge is 0.220 e. The molecule has 168 valence electrons. The van der Waals surface area contributed by atoms with E-state index in [9.17, 15) is 4.79 Å². The van der Waals surface area contributed by atoms with Gasteiger partial charge in [0, 0.05) is 23.8 Å². The topological polar surface area (TPSA) is 59.8 Å². The number of nitrogens with zero attached hydrogens (tertiary/aromatic N) is 3. The number of thioether (sulfide) groups is 1. The van der Waals surface area contributed by atoms with Gasteiger partial charge in [0.15, 0.2) is 11.0 Å². The molecule has 2 aromatic carbocycles. The minimum atomic E-state index is 0.147. The maximum Gasteiger partial charge on any atom is 0.220 e. The molecule has 0 spiro atoms. The van der Waals surface area contributed by atoms with Crippen LogP contribution >= 0.6 is 35.0 Å². The van der Waals surface area contributed by atoms with Crippen molar-refractivity contribution in [1.82, 2.24) is 20.1 Å². The molecule has 32 heavy (non-hydrogen) atoms. The molecule has 1 N–H and O–H groups in total. The molecular weight excluding hydrogens is 463 g/mol. The van der Waals surface area contributed by atoms with Crippen molar-refractivity contribution >= 4 is 40.9 Å². The molecule has 8 heteroatoms. The summed E-state index contributed by atoms with van der Waals surface area (Å²) in [6.45, 7) is 0. The predicted octanol–water partition coefficient (Wildman–Crippen LogP) is 6.56. The Labute approximate surface area is 202 Å². The van der Waals surface area contributed by atoms with Gasteiger partial charge in [0.1, 0.15) is 0 Å². The highest BCUT2D eigenvalue weighted by Crippen LogP contribution is 2.31. The van der Waals surface area contributed by atoms with Crippen LogP contribution in [-0.4, -0.2) is 32.5 Å². The molecule has 0 unspecified atom stereocenters. The molecule has 1 amide bonds. The Balaban J connectivity index is 1.44. The number of rotatable bonds is 8. The molecule has 4 rings (SSSR count). The van der Waals surface area contributed by atoms with Crippen LogP contribution in [0.2, 0.25) is 10.0 Å². The van der Waals surface area contributed by atoms with Crippen LogP contribution in [0.1, 0.15) is 44.9 Å². The summed E-state index contributed by atoms with van der Waals surface area (Å²) in [5.74, 6) is 1.65. The van der Waals surface area contributed by atoms with E-state index in [2.05, 4.69) is 15.5 Å². The van der Waals surface area contributed by atoms with Gasteiger partial charge in [-0.2, -0.15) is 0 Å². The van der Waals surface area contributed by atoms with Crippen LogP contribution in [0.5, 0.6) is 0 Å². The third-order valence-electron chi connectivity index (χ3n) is 5.58. The number of carbonyl (C=O) groups is 1. The molecule has 5 nitrogen and oxygen atoms in total. The van der Waals surface area contributed by atoms with Crippen molar-refractivity contribution in [2.24, 2.45) is 0 Å². The van der Waals surface area contributed by atoms with E-state index in [4.69, 9.17) is 23.2 Å². The molecule has 1 aliphatic carbocycles. The third-order valence-corrected chi connectivity index (χ3v) is 7.33. The molecule has 0 atom stereocenters. The summed E-state index contributed by atoms with van der Waals surface area (Å²) >= 11 is 14.0. The average Bonchev–Trinajstić information content (AvgIpc) is 3.24. The Morgan fingerprint density at radius 1 is 1.03 bits per heavy atom. The van der Waals surface area contributed by atoms with Gasteiger partial charge < -0.3 is 5.32 Å². The number of aromatic nitrogens is 3. The molecule has 0 bridgehead atoms. The Morgan fingerprint density at radius 2 is 1.81 bits per heavy atom. The zero-order valence-electron chi connectivity index (χ0n) is 17.8. The van der Waals surface area contributed by atoms with Crippen LogP contribution < -0.4 is 5.32 Å². The first-order chi connectivity index (χ1) is 15.6. The highest BCUT2D eigenvalue weighted by Gasteiger charge is 2.18. The maximum atomic E-state index is 12.3. The quantitative estimate of drug-likeness (QED) is 0.288. The summed E-state index contributed by atoms with van der Waals surface area (Å²) in [5.41, 5.74) is 1.81.